The molecule has 0 saturated heterocycles. The van der Waals surface area contributed by atoms with Crippen molar-refractivity contribution in [1.29, 1.82) is 0 Å². The molecule has 6 aromatic carbocycles. The molecule has 206 valence electrons. The van der Waals surface area contributed by atoms with Gasteiger partial charge in [0.05, 0.1) is 17.6 Å². The van der Waals surface area contributed by atoms with Gasteiger partial charge in [-0.2, -0.15) is 0 Å². The minimum Gasteiger partial charge on any atom is -0.309 e. The van der Waals surface area contributed by atoms with Gasteiger partial charge in [-0.05, 0) is 74.8 Å². The molecule has 8 rings (SSSR count). The zero-order valence-electron chi connectivity index (χ0n) is 24.5. The molecular formula is C41H32N2. The van der Waals surface area contributed by atoms with Crippen molar-refractivity contribution < 1.29 is 0 Å². The predicted octanol–water partition coefficient (Wildman–Crippen LogP) is 10.4. The molecule has 1 aromatic heterocycles. The third-order valence-electron chi connectivity index (χ3n) is 9.06. The van der Waals surface area contributed by atoms with E-state index in [1.165, 1.54) is 60.8 Å². The van der Waals surface area contributed by atoms with Crippen molar-refractivity contribution in [2.75, 3.05) is 0 Å². The summed E-state index contributed by atoms with van der Waals surface area (Å²) in [7, 11) is 0. The summed E-state index contributed by atoms with van der Waals surface area (Å²) < 4.78 is 2.44. The van der Waals surface area contributed by atoms with Crippen LogP contribution < -0.4 is 0 Å². The average Bonchev–Trinajstić information content (AvgIpc) is 3.50. The molecule has 0 N–H and O–H groups in total. The van der Waals surface area contributed by atoms with Crippen molar-refractivity contribution in [2.24, 2.45) is 4.99 Å². The lowest BCUT2D eigenvalue weighted by molar-refractivity contribution is 0.661. The first-order valence-electron chi connectivity index (χ1n) is 15.0. The fraction of sp³-hybridized carbons (Fsp3) is 0.0976. The fourth-order valence-corrected chi connectivity index (χ4v) is 6.98. The normalized spacial score (nSPS) is 13.5. The van der Waals surface area contributed by atoms with Crippen molar-refractivity contribution in [3.63, 3.8) is 0 Å². The van der Waals surface area contributed by atoms with E-state index in [2.05, 4.69) is 140 Å². The Morgan fingerprint density at radius 2 is 1.37 bits per heavy atom. The second-order valence-corrected chi connectivity index (χ2v) is 12.0. The van der Waals surface area contributed by atoms with Gasteiger partial charge in [0.15, 0.2) is 0 Å². The van der Waals surface area contributed by atoms with Gasteiger partial charge in [-0.3, -0.25) is 4.99 Å². The molecule has 0 atom stereocenters. The van der Waals surface area contributed by atoms with Gasteiger partial charge in [0.1, 0.15) is 0 Å². The van der Waals surface area contributed by atoms with Crippen LogP contribution in [0.1, 0.15) is 36.1 Å². The molecule has 0 unspecified atom stereocenters. The topological polar surface area (TPSA) is 17.3 Å². The number of hydrogen-bond acceptors (Lipinski definition) is 1. The molecular weight excluding hydrogens is 520 g/mol. The van der Waals surface area contributed by atoms with Crippen molar-refractivity contribution in [1.82, 2.24) is 4.57 Å². The summed E-state index contributed by atoms with van der Waals surface area (Å²) in [5.41, 5.74) is 13.8. The Morgan fingerprint density at radius 1 is 0.628 bits per heavy atom. The highest BCUT2D eigenvalue weighted by Gasteiger charge is 2.37. The Kier molecular flexibility index (Phi) is 5.90. The van der Waals surface area contributed by atoms with Crippen molar-refractivity contribution in [3.8, 4) is 27.9 Å². The second kappa shape index (κ2) is 9.96. The molecule has 0 fully saturated rings. The lowest BCUT2D eigenvalue weighted by Crippen LogP contribution is -2.14. The maximum absolute atomic E-state index is 4.76. The van der Waals surface area contributed by atoms with Crippen LogP contribution in [-0.2, 0) is 12.0 Å². The zero-order valence-corrected chi connectivity index (χ0v) is 24.5. The largest absolute Gasteiger partial charge is 0.309 e. The number of aliphatic imine (C=N–C) groups is 1. The first kappa shape index (κ1) is 25.5. The van der Waals surface area contributed by atoms with Crippen LogP contribution in [0.3, 0.4) is 0 Å². The Hall–Kier alpha value is -5.21. The van der Waals surface area contributed by atoms with E-state index >= 15 is 0 Å². The number of benzene rings is 6. The van der Waals surface area contributed by atoms with Crippen molar-refractivity contribution >= 4 is 28.0 Å². The molecule has 1 aliphatic carbocycles. The molecule has 0 saturated carbocycles. The lowest BCUT2D eigenvalue weighted by atomic mass is 9.82. The van der Waals surface area contributed by atoms with E-state index in [1.807, 2.05) is 24.4 Å². The summed E-state index contributed by atoms with van der Waals surface area (Å²) in [6, 6.07) is 50.4. The maximum Gasteiger partial charge on any atom is 0.0640 e. The summed E-state index contributed by atoms with van der Waals surface area (Å²) in [6.45, 7) is 5.35. The van der Waals surface area contributed by atoms with Crippen LogP contribution in [0.4, 0.5) is 0 Å². The third-order valence-corrected chi connectivity index (χ3v) is 9.06. The van der Waals surface area contributed by atoms with Gasteiger partial charge in [0, 0.05) is 28.1 Å². The summed E-state index contributed by atoms with van der Waals surface area (Å²) in [6.07, 6.45) is 1.96. The van der Waals surface area contributed by atoms with E-state index in [4.69, 9.17) is 4.99 Å². The Bertz CT molecular complexity index is 2170. The summed E-state index contributed by atoms with van der Waals surface area (Å²) in [5, 5.41) is 2.61. The molecule has 43 heavy (non-hydrogen) atoms. The highest BCUT2D eigenvalue weighted by molar-refractivity contribution is 6.18. The Balaban J connectivity index is 1.36. The van der Waals surface area contributed by atoms with Crippen molar-refractivity contribution in [2.45, 2.75) is 25.8 Å². The van der Waals surface area contributed by atoms with Gasteiger partial charge in [-0.15, -0.1) is 0 Å². The SMILES string of the molecule is CC1(C)c2ccccc2-c2c1ccc1c2c2cc(-c3ccccc3)ccc2n1-c1cccc(C/N=C/c2ccccc2)c1. The van der Waals surface area contributed by atoms with E-state index in [0.717, 1.165) is 11.3 Å². The van der Waals surface area contributed by atoms with Crippen LogP contribution in [0.2, 0.25) is 0 Å². The van der Waals surface area contributed by atoms with Gasteiger partial charge < -0.3 is 4.57 Å². The molecule has 0 spiro atoms. The monoisotopic (exact) mass is 552 g/mol. The first-order chi connectivity index (χ1) is 21.1. The molecule has 2 heteroatoms. The smallest absolute Gasteiger partial charge is 0.0640 e. The van der Waals surface area contributed by atoms with Crippen LogP contribution in [0.5, 0.6) is 0 Å². The van der Waals surface area contributed by atoms with Crippen LogP contribution in [0.15, 0.2) is 145 Å². The average molecular weight is 553 g/mol. The summed E-state index contributed by atoms with van der Waals surface area (Å²) >= 11 is 0. The van der Waals surface area contributed by atoms with Gasteiger partial charge in [0.25, 0.3) is 0 Å². The molecule has 1 heterocycles. The quantitative estimate of drug-likeness (QED) is 0.189. The molecule has 2 nitrogen and oxygen atoms in total. The minimum absolute atomic E-state index is 0.0533. The summed E-state index contributed by atoms with van der Waals surface area (Å²) in [4.78, 5) is 4.76. The van der Waals surface area contributed by atoms with Crippen molar-refractivity contribution in [3.05, 3.63) is 162 Å². The van der Waals surface area contributed by atoms with E-state index in [1.54, 1.807) is 0 Å². The highest BCUT2D eigenvalue weighted by Crippen LogP contribution is 2.53. The highest BCUT2D eigenvalue weighted by atomic mass is 15.0. The van der Waals surface area contributed by atoms with E-state index < -0.39 is 0 Å². The predicted molar refractivity (Wildman–Crippen MR) is 182 cm³/mol. The van der Waals surface area contributed by atoms with Crippen LogP contribution in [0.25, 0.3) is 49.7 Å². The first-order valence-corrected chi connectivity index (χ1v) is 15.0. The van der Waals surface area contributed by atoms with Crippen LogP contribution >= 0.6 is 0 Å². The lowest BCUT2D eigenvalue weighted by Gasteiger charge is -2.21. The number of fused-ring (bicyclic) bond motifs is 7. The van der Waals surface area contributed by atoms with Gasteiger partial charge in [-0.1, -0.05) is 123 Å². The number of aromatic nitrogens is 1. The molecule has 0 bridgehead atoms. The Morgan fingerprint density at radius 3 is 2.21 bits per heavy atom. The maximum atomic E-state index is 4.76. The zero-order chi connectivity index (χ0) is 29.0. The van der Waals surface area contributed by atoms with E-state index in [9.17, 15) is 0 Å². The van der Waals surface area contributed by atoms with Gasteiger partial charge in [0.2, 0.25) is 0 Å². The third kappa shape index (κ3) is 4.13. The van der Waals surface area contributed by atoms with E-state index in [0.29, 0.717) is 6.54 Å². The number of hydrogen-bond donors (Lipinski definition) is 0. The van der Waals surface area contributed by atoms with Gasteiger partial charge in [-0.25, -0.2) is 0 Å². The molecule has 1 aliphatic rings. The minimum atomic E-state index is -0.0533. The fourth-order valence-electron chi connectivity index (χ4n) is 6.98. The number of rotatable bonds is 5. The second-order valence-electron chi connectivity index (χ2n) is 12.0. The molecule has 0 amide bonds. The molecule has 0 aliphatic heterocycles. The summed E-state index contributed by atoms with van der Waals surface area (Å²) in [5.74, 6) is 0. The number of nitrogens with zero attached hydrogens (tertiary/aromatic N) is 2. The molecule has 0 radical (unpaired) electrons. The Labute approximate surface area is 252 Å². The van der Waals surface area contributed by atoms with E-state index in [-0.39, 0.29) is 5.41 Å². The molecule has 7 aromatic rings. The van der Waals surface area contributed by atoms with Crippen LogP contribution in [0, 0.1) is 0 Å². The van der Waals surface area contributed by atoms with Gasteiger partial charge >= 0.3 is 0 Å². The standard InChI is InChI=1S/C41H32N2/c1-41(2)35-19-10-9-18-33(35)39-36(41)21-23-38-40(39)34-25-31(30-15-7-4-8-16-30)20-22-37(34)43(38)32-17-11-14-29(24-32)27-42-26-28-12-5-3-6-13-28/h3-26H,27H2,1-2H3/b42-26+. The van der Waals surface area contributed by atoms with Crippen LogP contribution in [-0.4, -0.2) is 10.8 Å².